The molecule has 0 heterocycles. The molecule has 4 nitrogen and oxygen atoms in total. The first-order valence-corrected chi connectivity index (χ1v) is 7.47. The van der Waals surface area contributed by atoms with Crippen LogP contribution in [0.5, 0.6) is 0 Å². The monoisotopic (exact) mass is 341 g/mol. The van der Waals surface area contributed by atoms with Gasteiger partial charge in [-0.2, -0.15) is 13.2 Å². The zero-order chi connectivity index (χ0) is 18.1. The third kappa shape index (κ3) is 3.29. The highest BCUT2D eigenvalue weighted by Gasteiger charge is 2.37. The summed E-state index contributed by atoms with van der Waals surface area (Å²) >= 11 is 0. The molecule has 0 aliphatic heterocycles. The smallest absolute Gasteiger partial charge is 0.416 e. The quantitative estimate of drug-likeness (QED) is 0.831. The van der Waals surface area contributed by atoms with E-state index in [1.807, 2.05) is 6.92 Å². The van der Waals surface area contributed by atoms with Gasteiger partial charge in [-0.1, -0.05) is 19.1 Å². The number of halogens is 3. The molecule has 1 aromatic carbocycles. The van der Waals surface area contributed by atoms with Crippen LogP contribution in [0.25, 0.3) is 5.57 Å². The van der Waals surface area contributed by atoms with Gasteiger partial charge >= 0.3 is 12.3 Å². The number of ketones is 1. The minimum atomic E-state index is -4.50. The Morgan fingerprint density at radius 1 is 1.38 bits per heavy atom. The highest BCUT2D eigenvalue weighted by Crippen LogP contribution is 2.39. The zero-order valence-corrected chi connectivity index (χ0v) is 13.6. The molecule has 1 unspecified atom stereocenters. The molecule has 1 atom stereocenters. The maximum absolute atomic E-state index is 12.9. The molecule has 0 fully saturated rings. The Labute approximate surface area is 137 Å². The van der Waals surface area contributed by atoms with Gasteiger partial charge in [0.1, 0.15) is 0 Å². The average Bonchev–Trinajstić information content (AvgIpc) is 2.89. The van der Waals surface area contributed by atoms with Gasteiger partial charge in [-0.3, -0.25) is 9.69 Å². The molecule has 1 aliphatic rings. The molecule has 2 rings (SSSR count). The Hall–Kier alpha value is -2.31. The molecular formula is C17H18F3NO3. The van der Waals surface area contributed by atoms with Crippen molar-refractivity contribution in [1.82, 2.24) is 4.90 Å². The van der Waals surface area contributed by atoms with Crippen LogP contribution in [0.2, 0.25) is 0 Å². The van der Waals surface area contributed by atoms with Crippen LogP contribution in [0, 0.1) is 5.92 Å². The van der Waals surface area contributed by atoms with Crippen molar-refractivity contribution in [1.29, 1.82) is 0 Å². The summed E-state index contributed by atoms with van der Waals surface area (Å²) < 4.78 is 43.5. The van der Waals surface area contributed by atoms with E-state index in [-0.39, 0.29) is 22.8 Å². The Balaban J connectivity index is 2.57. The zero-order valence-electron chi connectivity index (χ0n) is 13.6. The fourth-order valence-corrected chi connectivity index (χ4v) is 2.82. The van der Waals surface area contributed by atoms with Crippen LogP contribution in [0.4, 0.5) is 18.0 Å². The first-order chi connectivity index (χ1) is 11.2. The summed E-state index contributed by atoms with van der Waals surface area (Å²) in [4.78, 5) is 25.6. The lowest BCUT2D eigenvalue weighted by molar-refractivity contribution is -0.137. The van der Waals surface area contributed by atoms with Gasteiger partial charge in [-0.15, -0.1) is 0 Å². The Kier molecular flexibility index (Phi) is 5.01. The van der Waals surface area contributed by atoms with E-state index in [0.29, 0.717) is 18.5 Å². The standard InChI is InChI=1S/C17H18F3NO3/c1-4-10-9-13(21(2)16(23)24-3)14(15(10)22)11-6-5-7-12(8-11)17(18,19)20/h5-8,10H,4,9H2,1-3H3. The number of carbonyl (C=O) groups is 2. The van der Waals surface area contributed by atoms with E-state index in [9.17, 15) is 22.8 Å². The number of benzene rings is 1. The van der Waals surface area contributed by atoms with Crippen LogP contribution in [0.15, 0.2) is 30.0 Å². The minimum absolute atomic E-state index is 0.154. The van der Waals surface area contributed by atoms with E-state index in [2.05, 4.69) is 4.74 Å². The van der Waals surface area contributed by atoms with E-state index in [1.165, 1.54) is 31.2 Å². The highest BCUT2D eigenvalue weighted by molar-refractivity contribution is 6.25. The molecule has 1 amide bonds. The van der Waals surface area contributed by atoms with Gasteiger partial charge in [0, 0.05) is 24.2 Å². The van der Waals surface area contributed by atoms with Gasteiger partial charge in [0.05, 0.1) is 12.7 Å². The fraction of sp³-hybridized carbons (Fsp3) is 0.412. The summed E-state index contributed by atoms with van der Waals surface area (Å²) in [7, 11) is 2.65. The van der Waals surface area contributed by atoms with Gasteiger partial charge in [-0.05, 0) is 30.5 Å². The summed E-state index contributed by atoms with van der Waals surface area (Å²) in [5.74, 6) is -0.598. The van der Waals surface area contributed by atoms with E-state index >= 15 is 0 Å². The second-order valence-corrected chi connectivity index (χ2v) is 5.60. The molecule has 0 aromatic heterocycles. The van der Waals surface area contributed by atoms with Gasteiger partial charge in [0.25, 0.3) is 0 Å². The predicted molar refractivity (Wildman–Crippen MR) is 81.9 cm³/mol. The minimum Gasteiger partial charge on any atom is -0.452 e. The fourth-order valence-electron chi connectivity index (χ4n) is 2.82. The second kappa shape index (κ2) is 6.67. The molecule has 1 aromatic rings. The number of hydrogen-bond donors (Lipinski definition) is 0. The first-order valence-electron chi connectivity index (χ1n) is 7.47. The van der Waals surface area contributed by atoms with Crippen molar-refractivity contribution in [2.24, 2.45) is 5.92 Å². The molecular weight excluding hydrogens is 323 g/mol. The largest absolute Gasteiger partial charge is 0.452 e. The van der Waals surface area contributed by atoms with E-state index in [0.717, 1.165) is 12.1 Å². The summed E-state index contributed by atoms with van der Waals surface area (Å²) in [5.41, 5.74) is -0.129. The average molecular weight is 341 g/mol. The molecule has 0 N–H and O–H groups in total. The van der Waals surface area contributed by atoms with Crippen LogP contribution in [-0.2, 0) is 15.7 Å². The van der Waals surface area contributed by atoms with Crippen molar-refractivity contribution >= 4 is 17.4 Å². The van der Waals surface area contributed by atoms with Crippen molar-refractivity contribution in [3.05, 3.63) is 41.1 Å². The van der Waals surface area contributed by atoms with Crippen molar-refractivity contribution < 1.29 is 27.5 Å². The number of ether oxygens (including phenoxy) is 1. The second-order valence-electron chi connectivity index (χ2n) is 5.60. The van der Waals surface area contributed by atoms with Crippen molar-refractivity contribution in [2.45, 2.75) is 25.9 Å². The number of methoxy groups -OCH3 is 1. The van der Waals surface area contributed by atoms with Gasteiger partial charge < -0.3 is 4.74 Å². The van der Waals surface area contributed by atoms with E-state index in [1.54, 1.807) is 0 Å². The van der Waals surface area contributed by atoms with Crippen molar-refractivity contribution in [3.8, 4) is 0 Å². The van der Waals surface area contributed by atoms with Crippen molar-refractivity contribution in [3.63, 3.8) is 0 Å². The number of hydrogen-bond acceptors (Lipinski definition) is 3. The van der Waals surface area contributed by atoms with Gasteiger partial charge in [0.2, 0.25) is 0 Å². The highest BCUT2D eigenvalue weighted by atomic mass is 19.4. The lowest BCUT2D eigenvalue weighted by atomic mass is 9.96. The number of carbonyl (C=O) groups excluding carboxylic acids is 2. The number of nitrogens with zero attached hydrogens (tertiary/aromatic N) is 1. The summed E-state index contributed by atoms with van der Waals surface area (Å²) in [6, 6.07) is 4.60. The molecule has 24 heavy (non-hydrogen) atoms. The van der Waals surface area contributed by atoms with Crippen molar-refractivity contribution in [2.75, 3.05) is 14.2 Å². The lowest BCUT2D eigenvalue weighted by Gasteiger charge is -2.19. The molecule has 0 saturated heterocycles. The number of rotatable bonds is 3. The van der Waals surface area contributed by atoms with Crippen LogP contribution in [0.3, 0.4) is 0 Å². The molecule has 130 valence electrons. The normalized spacial score (nSPS) is 18.1. The molecule has 0 spiro atoms. The molecule has 1 aliphatic carbocycles. The predicted octanol–water partition coefficient (Wildman–Crippen LogP) is 4.11. The Bertz CT molecular complexity index is 695. The van der Waals surface area contributed by atoms with Crippen LogP contribution >= 0.6 is 0 Å². The number of Topliss-reactive ketones (excluding diaryl/α,β-unsaturated/α-hetero) is 1. The summed E-state index contributed by atoms with van der Waals surface area (Å²) in [6.07, 6.45) is -4.33. The third-order valence-corrected chi connectivity index (χ3v) is 4.17. The van der Waals surface area contributed by atoms with E-state index < -0.39 is 17.8 Å². The molecule has 7 heteroatoms. The van der Waals surface area contributed by atoms with Crippen LogP contribution in [-0.4, -0.2) is 30.9 Å². The number of allylic oxidation sites excluding steroid dienone is 2. The topological polar surface area (TPSA) is 46.6 Å². The summed E-state index contributed by atoms with van der Waals surface area (Å²) in [6.45, 7) is 1.83. The summed E-state index contributed by atoms with van der Waals surface area (Å²) in [5, 5.41) is 0. The lowest BCUT2D eigenvalue weighted by Crippen LogP contribution is -2.26. The van der Waals surface area contributed by atoms with Gasteiger partial charge in [0.15, 0.2) is 5.78 Å². The SMILES string of the molecule is CCC1CC(N(C)C(=O)OC)=C(c2cccc(C(F)(F)F)c2)C1=O. The van der Waals surface area contributed by atoms with Gasteiger partial charge in [-0.25, -0.2) is 4.79 Å². The van der Waals surface area contributed by atoms with Crippen LogP contribution < -0.4 is 0 Å². The maximum atomic E-state index is 12.9. The first kappa shape index (κ1) is 18.0. The van der Waals surface area contributed by atoms with Crippen LogP contribution in [0.1, 0.15) is 30.9 Å². The Morgan fingerprint density at radius 3 is 2.58 bits per heavy atom. The Morgan fingerprint density at radius 2 is 2.04 bits per heavy atom. The third-order valence-electron chi connectivity index (χ3n) is 4.17. The molecule has 0 bridgehead atoms. The number of amides is 1. The maximum Gasteiger partial charge on any atom is 0.416 e. The number of alkyl halides is 3. The molecule has 0 saturated carbocycles. The van der Waals surface area contributed by atoms with E-state index in [4.69, 9.17) is 0 Å². The molecule has 0 radical (unpaired) electrons.